The molecule has 1 aromatic carbocycles. The molecule has 0 bridgehead atoms. The van der Waals surface area contributed by atoms with Gasteiger partial charge >= 0.3 is 0 Å². The summed E-state index contributed by atoms with van der Waals surface area (Å²) in [5, 5.41) is 14.0. The first kappa shape index (κ1) is 15.9. The lowest BCUT2D eigenvalue weighted by Crippen LogP contribution is -2.30. The van der Waals surface area contributed by atoms with E-state index >= 15 is 0 Å². The van der Waals surface area contributed by atoms with Gasteiger partial charge in [0.25, 0.3) is 5.69 Å². The quantitative estimate of drug-likeness (QED) is 0.463. The second kappa shape index (κ2) is 6.52. The number of primary amides is 1. The summed E-state index contributed by atoms with van der Waals surface area (Å²) >= 11 is 0. The van der Waals surface area contributed by atoms with Crippen LogP contribution in [0.1, 0.15) is 30.1 Å². The monoisotopic (exact) mass is 307 g/mol. The third-order valence-electron chi connectivity index (χ3n) is 3.55. The van der Waals surface area contributed by atoms with E-state index in [2.05, 4.69) is 5.32 Å². The van der Waals surface area contributed by atoms with Gasteiger partial charge in [-0.1, -0.05) is 0 Å². The number of hydrogen-bond donors (Lipinski definition) is 2. The van der Waals surface area contributed by atoms with Gasteiger partial charge in [0.05, 0.1) is 11.0 Å². The first-order chi connectivity index (χ1) is 10.4. The number of rotatable bonds is 6. The Hall–Kier alpha value is -2.48. The van der Waals surface area contributed by atoms with E-state index in [0.29, 0.717) is 25.1 Å². The number of nitro benzene ring substituents is 1. The van der Waals surface area contributed by atoms with Crippen LogP contribution in [0.25, 0.3) is 0 Å². The van der Waals surface area contributed by atoms with Crippen molar-refractivity contribution in [1.82, 2.24) is 0 Å². The molecule has 1 aliphatic rings. The second-order valence-corrected chi connectivity index (χ2v) is 5.15. The molecule has 118 valence electrons. The highest BCUT2D eigenvalue weighted by Crippen LogP contribution is 2.27. The Bertz CT molecular complexity index is 616. The van der Waals surface area contributed by atoms with Crippen molar-refractivity contribution in [3.05, 3.63) is 33.9 Å². The normalized spacial score (nSPS) is 20.6. The molecule has 0 spiro atoms. The van der Waals surface area contributed by atoms with Crippen molar-refractivity contribution in [1.29, 1.82) is 0 Å². The Labute approximate surface area is 126 Å². The summed E-state index contributed by atoms with van der Waals surface area (Å²) in [6.07, 6.45) is 0.374. The minimum Gasteiger partial charge on any atom is -0.377 e. The molecule has 0 aromatic heterocycles. The van der Waals surface area contributed by atoms with Gasteiger partial charge in [-0.3, -0.25) is 19.7 Å². The highest BCUT2D eigenvalue weighted by atomic mass is 16.6. The standard InChI is InChI=1S/C14H17N3O5/c1-8(18)9-2-4-11(12(6-9)17(20)21)16-7-10-3-5-13(22-10)14(15)19/h2,4,6,10,13,16H,3,5,7H2,1H3,(H2,15,19). The van der Waals surface area contributed by atoms with Crippen molar-refractivity contribution >= 4 is 23.1 Å². The molecule has 1 saturated heterocycles. The Morgan fingerprint density at radius 1 is 1.45 bits per heavy atom. The highest BCUT2D eigenvalue weighted by molar-refractivity contribution is 5.95. The van der Waals surface area contributed by atoms with Gasteiger partial charge in [-0.2, -0.15) is 0 Å². The molecule has 0 radical (unpaired) electrons. The number of carbonyl (C=O) groups excluding carboxylic acids is 2. The van der Waals surface area contributed by atoms with Crippen molar-refractivity contribution in [2.75, 3.05) is 11.9 Å². The number of Topliss-reactive ketones (excluding diaryl/α,β-unsaturated/α-hetero) is 1. The average Bonchev–Trinajstić information content (AvgIpc) is 2.93. The third-order valence-corrected chi connectivity index (χ3v) is 3.55. The van der Waals surface area contributed by atoms with Crippen LogP contribution in [0, 0.1) is 10.1 Å². The largest absolute Gasteiger partial charge is 0.377 e. The highest BCUT2D eigenvalue weighted by Gasteiger charge is 2.29. The molecule has 3 N–H and O–H groups in total. The number of amides is 1. The smallest absolute Gasteiger partial charge is 0.293 e. The van der Waals surface area contributed by atoms with E-state index in [1.165, 1.54) is 25.1 Å². The molecule has 22 heavy (non-hydrogen) atoms. The number of ether oxygens (including phenoxy) is 1. The molecule has 1 aliphatic heterocycles. The number of nitrogens with zero attached hydrogens (tertiary/aromatic N) is 1. The number of nitro groups is 1. The van der Waals surface area contributed by atoms with E-state index < -0.39 is 16.9 Å². The maximum absolute atomic E-state index is 11.3. The molecule has 1 amide bonds. The van der Waals surface area contributed by atoms with Crippen molar-refractivity contribution in [2.45, 2.75) is 32.0 Å². The lowest BCUT2D eigenvalue weighted by atomic mass is 10.1. The van der Waals surface area contributed by atoms with E-state index in [1.54, 1.807) is 0 Å². The van der Waals surface area contributed by atoms with Crippen LogP contribution in [0.2, 0.25) is 0 Å². The zero-order chi connectivity index (χ0) is 16.3. The van der Waals surface area contributed by atoms with E-state index in [9.17, 15) is 19.7 Å². The number of hydrogen-bond acceptors (Lipinski definition) is 6. The second-order valence-electron chi connectivity index (χ2n) is 5.15. The lowest BCUT2D eigenvalue weighted by Gasteiger charge is -2.14. The molecule has 2 rings (SSSR count). The summed E-state index contributed by atoms with van der Waals surface area (Å²) in [5.41, 5.74) is 5.59. The topological polar surface area (TPSA) is 125 Å². The van der Waals surface area contributed by atoms with Gasteiger partial charge < -0.3 is 15.8 Å². The molecule has 1 aromatic rings. The van der Waals surface area contributed by atoms with Crippen LogP contribution in [0.4, 0.5) is 11.4 Å². The molecule has 2 unspecified atom stereocenters. The van der Waals surface area contributed by atoms with Gasteiger partial charge in [-0.05, 0) is 31.9 Å². The Morgan fingerprint density at radius 2 is 2.18 bits per heavy atom. The van der Waals surface area contributed by atoms with Gasteiger partial charge in [0.1, 0.15) is 11.8 Å². The zero-order valence-corrected chi connectivity index (χ0v) is 12.1. The van der Waals surface area contributed by atoms with Crippen LogP contribution in [-0.2, 0) is 9.53 Å². The van der Waals surface area contributed by atoms with Gasteiger partial charge in [0, 0.05) is 18.2 Å². The summed E-state index contributed by atoms with van der Waals surface area (Å²) in [5.74, 6) is -0.739. The van der Waals surface area contributed by atoms with E-state index in [1.807, 2.05) is 0 Å². The van der Waals surface area contributed by atoms with Crippen molar-refractivity contribution < 1.29 is 19.2 Å². The molecule has 0 saturated carbocycles. The molecular weight excluding hydrogens is 290 g/mol. The predicted octanol–water partition coefficient (Wildman–Crippen LogP) is 1.24. The summed E-state index contributed by atoms with van der Waals surface area (Å²) in [4.78, 5) is 32.9. The van der Waals surface area contributed by atoms with E-state index in [-0.39, 0.29) is 23.1 Å². The molecule has 8 heteroatoms. The van der Waals surface area contributed by atoms with Crippen LogP contribution in [0.3, 0.4) is 0 Å². The number of carbonyl (C=O) groups is 2. The maximum atomic E-state index is 11.3. The van der Waals surface area contributed by atoms with Gasteiger partial charge in [-0.15, -0.1) is 0 Å². The van der Waals surface area contributed by atoms with Crippen LogP contribution in [-0.4, -0.2) is 35.4 Å². The number of anilines is 1. The number of nitrogens with one attached hydrogen (secondary N) is 1. The predicted molar refractivity (Wildman–Crippen MR) is 78.7 cm³/mol. The van der Waals surface area contributed by atoms with E-state index in [0.717, 1.165) is 0 Å². The van der Waals surface area contributed by atoms with Gasteiger partial charge in [0.2, 0.25) is 5.91 Å². The summed E-state index contributed by atoms with van der Waals surface area (Å²) < 4.78 is 5.45. The van der Waals surface area contributed by atoms with Crippen LogP contribution >= 0.6 is 0 Å². The van der Waals surface area contributed by atoms with Crippen LogP contribution < -0.4 is 11.1 Å². The minimum atomic E-state index is -0.595. The molecule has 0 aliphatic carbocycles. The first-order valence-electron chi connectivity index (χ1n) is 6.86. The summed E-state index contributed by atoms with van der Waals surface area (Å²) in [6.45, 7) is 1.67. The minimum absolute atomic E-state index is 0.169. The van der Waals surface area contributed by atoms with Gasteiger partial charge in [0.15, 0.2) is 5.78 Å². The van der Waals surface area contributed by atoms with Crippen LogP contribution in [0.15, 0.2) is 18.2 Å². The first-order valence-corrected chi connectivity index (χ1v) is 6.86. The van der Waals surface area contributed by atoms with Crippen molar-refractivity contribution in [3.63, 3.8) is 0 Å². The Balaban J connectivity index is 2.05. The fourth-order valence-corrected chi connectivity index (χ4v) is 2.34. The number of ketones is 1. The SMILES string of the molecule is CC(=O)c1ccc(NCC2CCC(C(N)=O)O2)c([N+](=O)[O-])c1. The lowest BCUT2D eigenvalue weighted by molar-refractivity contribution is -0.384. The number of benzene rings is 1. The molecule has 1 fully saturated rings. The summed E-state index contributed by atoms with van der Waals surface area (Å²) in [6, 6.07) is 4.27. The maximum Gasteiger partial charge on any atom is 0.293 e. The van der Waals surface area contributed by atoms with Crippen molar-refractivity contribution in [3.8, 4) is 0 Å². The van der Waals surface area contributed by atoms with Gasteiger partial charge in [-0.25, -0.2) is 0 Å². The molecular formula is C14H17N3O5. The fraction of sp³-hybridized carbons (Fsp3) is 0.429. The van der Waals surface area contributed by atoms with Crippen molar-refractivity contribution in [2.24, 2.45) is 5.73 Å². The molecule has 2 atom stereocenters. The van der Waals surface area contributed by atoms with E-state index in [4.69, 9.17) is 10.5 Å². The molecule has 8 nitrogen and oxygen atoms in total. The number of nitrogens with two attached hydrogens (primary N) is 1. The van der Waals surface area contributed by atoms with Crippen LogP contribution in [0.5, 0.6) is 0 Å². The fourth-order valence-electron chi connectivity index (χ4n) is 2.34. The Kier molecular flexibility index (Phi) is 4.71. The average molecular weight is 307 g/mol. The Morgan fingerprint density at radius 3 is 2.73 bits per heavy atom. The zero-order valence-electron chi connectivity index (χ0n) is 12.1. The third kappa shape index (κ3) is 3.59. The summed E-state index contributed by atoms with van der Waals surface area (Å²) in [7, 11) is 0. The molecule has 1 heterocycles.